The lowest BCUT2D eigenvalue weighted by Crippen LogP contribution is -2.27. The number of ether oxygens (including phenoxy) is 1. The highest BCUT2D eigenvalue weighted by molar-refractivity contribution is 7.89. The molecule has 8 heteroatoms. The minimum Gasteiger partial charge on any atom is -0.497 e. The van der Waals surface area contributed by atoms with Gasteiger partial charge in [0.05, 0.1) is 23.0 Å². The number of methoxy groups -OCH3 is 1. The Kier molecular flexibility index (Phi) is 6.61. The summed E-state index contributed by atoms with van der Waals surface area (Å²) in [7, 11) is -2.32. The average Bonchev–Trinajstić information content (AvgIpc) is 2.77. The molecule has 0 spiro atoms. The van der Waals surface area contributed by atoms with Gasteiger partial charge in [0.15, 0.2) is 0 Å². The number of hydrogen-bond donors (Lipinski definition) is 1. The Labute approximate surface area is 174 Å². The largest absolute Gasteiger partial charge is 0.497 e. The molecule has 3 aromatic carbocycles. The van der Waals surface area contributed by atoms with Crippen LogP contribution in [0.15, 0.2) is 89.8 Å². The fraction of sp³-hybridized carbons (Fsp3) is 0.0909. The van der Waals surface area contributed by atoms with Gasteiger partial charge in [-0.1, -0.05) is 54.6 Å². The normalized spacial score (nSPS) is 12.6. The van der Waals surface area contributed by atoms with Gasteiger partial charge in [-0.25, -0.2) is 8.42 Å². The van der Waals surface area contributed by atoms with Crippen molar-refractivity contribution < 1.29 is 18.1 Å². The number of non-ortho nitro benzene ring substituents is 1. The van der Waals surface area contributed by atoms with E-state index in [9.17, 15) is 18.5 Å². The van der Waals surface area contributed by atoms with E-state index in [1.165, 1.54) is 24.3 Å². The smallest absolute Gasteiger partial charge is 0.269 e. The van der Waals surface area contributed by atoms with E-state index < -0.39 is 21.0 Å². The summed E-state index contributed by atoms with van der Waals surface area (Å²) in [6, 6.07) is 20.6. The van der Waals surface area contributed by atoms with E-state index in [0.29, 0.717) is 0 Å². The molecule has 1 N–H and O–H groups in total. The van der Waals surface area contributed by atoms with Crippen LogP contribution in [-0.2, 0) is 10.0 Å². The van der Waals surface area contributed by atoms with Crippen LogP contribution in [0, 0.1) is 10.1 Å². The quantitative estimate of drug-likeness (QED) is 0.428. The van der Waals surface area contributed by atoms with Crippen LogP contribution in [0.3, 0.4) is 0 Å². The third-order valence-corrected chi connectivity index (χ3v) is 5.85. The first-order chi connectivity index (χ1) is 14.4. The van der Waals surface area contributed by atoms with Gasteiger partial charge in [-0.05, 0) is 35.4 Å². The Morgan fingerprint density at radius 1 is 0.967 bits per heavy atom. The molecule has 0 unspecified atom stereocenters. The molecule has 0 aromatic heterocycles. The van der Waals surface area contributed by atoms with Crippen LogP contribution >= 0.6 is 0 Å². The van der Waals surface area contributed by atoms with Gasteiger partial charge < -0.3 is 4.74 Å². The van der Waals surface area contributed by atoms with Gasteiger partial charge in [-0.2, -0.15) is 4.72 Å². The summed E-state index contributed by atoms with van der Waals surface area (Å²) in [5.41, 5.74) is 1.46. The molecule has 0 aliphatic heterocycles. The third kappa shape index (κ3) is 5.31. The Hall–Kier alpha value is -3.49. The van der Waals surface area contributed by atoms with Crippen LogP contribution in [0.4, 0.5) is 5.69 Å². The molecule has 154 valence electrons. The molecule has 0 amide bonds. The molecule has 30 heavy (non-hydrogen) atoms. The van der Waals surface area contributed by atoms with Crippen molar-refractivity contribution in [3.05, 3.63) is 106 Å². The molecule has 0 radical (unpaired) electrons. The number of rotatable bonds is 8. The standard InChI is InChI=1S/C22H20N2O5S/c1-29-20-12-7-17(8-13-20)9-16-22(18-5-3-2-4-6-18)23-30(27,28)21-14-10-19(11-15-21)24(25)26/h2-16,22-23H,1H3/b16-9+/t22-/m1/s1. The maximum atomic E-state index is 12.9. The van der Waals surface area contributed by atoms with Crippen LogP contribution in [-0.4, -0.2) is 20.5 Å². The number of nitrogens with one attached hydrogen (secondary N) is 1. The summed E-state index contributed by atoms with van der Waals surface area (Å²) in [6.07, 6.45) is 3.57. The number of sulfonamides is 1. The second kappa shape index (κ2) is 9.34. The fourth-order valence-electron chi connectivity index (χ4n) is 2.78. The molecule has 0 fully saturated rings. The number of nitro groups is 1. The lowest BCUT2D eigenvalue weighted by molar-refractivity contribution is -0.384. The highest BCUT2D eigenvalue weighted by atomic mass is 32.2. The third-order valence-electron chi connectivity index (χ3n) is 4.40. The minimum absolute atomic E-state index is 0.0492. The maximum Gasteiger partial charge on any atom is 0.269 e. The molecule has 3 rings (SSSR count). The number of hydrogen-bond acceptors (Lipinski definition) is 5. The van der Waals surface area contributed by atoms with E-state index >= 15 is 0 Å². The molecule has 0 aliphatic rings. The van der Waals surface area contributed by atoms with Crippen molar-refractivity contribution in [1.82, 2.24) is 4.72 Å². The molecule has 0 heterocycles. The average molecular weight is 424 g/mol. The van der Waals surface area contributed by atoms with Gasteiger partial charge in [0.25, 0.3) is 5.69 Å². The first-order valence-electron chi connectivity index (χ1n) is 9.03. The van der Waals surface area contributed by atoms with E-state index in [0.717, 1.165) is 16.9 Å². The second-order valence-corrected chi connectivity index (χ2v) is 8.11. The number of benzene rings is 3. The molecule has 0 saturated carbocycles. The van der Waals surface area contributed by atoms with E-state index in [4.69, 9.17) is 4.74 Å². The first-order valence-corrected chi connectivity index (χ1v) is 10.5. The van der Waals surface area contributed by atoms with Crippen LogP contribution in [0.25, 0.3) is 6.08 Å². The summed E-state index contributed by atoms with van der Waals surface area (Å²) >= 11 is 0. The topological polar surface area (TPSA) is 98.5 Å². The highest BCUT2D eigenvalue weighted by Gasteiger charge is 2.20. The lowest BCUT2D eigenvalue weighted by atomic mass is 10.1. The molecule has 0 saturated heterocycles. The monoisotopic (exact) mass is 424 g/mol. The van der Waals surface area contributed by atoms with Gasteiger partial charge in [-0.3, -0.25) is 10.1 Å². The van der Waals surface area contributed by atoms with Crippen LogP contribution < -0.4 is 9.46 Å². The van der Waals surface area contributed by atoms with Crippen molar-refractivity contribution in [2.75, 3.05) is 7.11 Å². The van der Waals surface area contributed by atoms with Crippen LogP contribution in [0.2, 0.25) is 0 Å². The zero-order valence-corrected chi connectivity index (χ0v) is 17.0. The Morgan fingerprint density at radius 3 is 2.17 bits per heavy atom. The Morgan fingerprint density at radius 2 is 1.60 bits per heavy atom. The van der Waals surface area contributed by atoms with Crippen molar-refractivity contribution >= 4 is 21.8 Å². The predicted octanol–water partition coefficient (Wildman–Crippen LogP) is 4.34. The fourth-order valence-corrected chi connectivity index (χ4v) is 3.96. The molecule has 3 aromatic rings. The number of nitrogens with zero attached hydrogens (tertiary/aromatic N) is 1. The van der Waals surface area contributed by atoms with Crippen molar-refractivity contribution in [1.29, 1.82) is 0 Å². The zero-order chi connectivity index (χ0) is 21.6. The lowest BCUT2D eigenvalue weighted by Gasteiger charge is -2.16. The summed E-state index contributed by atoms with van der Waals surface area (Å²) in [4.78, 5) is 10.2. The molecular weight excluding hydrogens is 404 g/mol. The predicted molar refractivity (Wildman–Crippen MR) is 115 cm³/mol. The Bertz CT molecular complexity index is 1130. The summed E-state index contributed by atoms with van der Waals surface area (Å²) in [5, 5.41) is 10.8. The van der Waals surface area contributed by atoms with E-state index in [2.05, 4.69) is 4.72 Å². The summed E-state index contributed by atoms with van der Waals surface area (Å²) in [5.74, 6) is 0.727. The van der Waals surface area contributed by atoms with Crippen molar-refractivity contribution in [2.24, 2.45) is 0 Å². The van der Waals surface area contributed by atoms with Gasteiger partial charge in [0.1, 0.15) is 5.75 Å². The molecular formula is C22H20N2O5S. The van der Waals surface area contributed by atoms with E-state index in [-0.39, 0.29) is 10.6 Å². The maximum absolute atomic E-state index is 12.9. The van der Waals surface area contributed by atoms with Crippen LogP contribution in [0.5, 0.6) is 5.75 Å². The van der Waals surface area contributed by atoms with Gasteiger partial charge in [0, 0.05) is 12.1 Å². The summed E-state index contributed by atoms with van der Waals surface area (Å²) < 4.78 is 33.5. The first kappa shape index (κ1) is 21.2. The van der Waals surface area contributed by atoms with Crippen molar-refractivity contribution in [3.8, 4) is 5.75 Å². The van der Waals surface area contributed by atoms with Gasteiger partial charge in [-0.15, -0.1) is 0 Å². The molecule has 0 bridgehead atoms. The molecule has 0 aliphatic carbocycles. The molecule has 7 nitrogen and oxygen atoms in total. The van der Waals surface area contributed by atoms with Gasteiger partial charge >= 0.3 is 0 Å². The van der Waals surface area contributed by atoms with Gasteiger partial charge in [0.2, 0.25) is 10.0 Å². The van der Waals surface area contributed by atoms with E-state index in [1.54, 1.807) is 13.2 Å². The van der Waals surface area contributed by atoms with Crippen LogP contribution in [0.1, 0.15) is 17.2 Å². The highest BCUT2D eigenvalue weighted by Crippen LogP contribution is 2.22. The summed E-state index contributed by atoms with van der Waals surface area (Å²) in [6.45, 7) is 0. The molecule has 1 atom stereocenters. The van der Waals surface area contributed by atoms with Crippen molar-refractivity contribution in [2.45, 2.75) is 10.9 Å². The van der Waals surface area contributed by atoms with E-state index in [1.807, 2.05) is 60.7 Å². The SMILES string of the molecule is COc1ccc(/C=C/[C@@H](NS(=O)(=O)c2ccc([N+](=O)[O-])cc2)c2ccccc2)cc1. The number of nitro benzene ring substituents is 1. The Balaban J connectivity index is 1.88. The van der Waals surface area contributed by atoms with Crippen molar-refractivity contribution in [3.63, 3.8) is 0 Å². The second-order valence-electron chi connectivity index (χ2n) is 6.39. The minimum atomic E-state index is -3.91. The zero-order valence-electron chi connectivity index (χ0n) is 16.1.